The van der Waals surface area contributed by atoms with Crippen LogP contribution in [0.3, 0.4) is 0 Å². The van der Waals surface area contributed by atoms with Crippen LogP contribution < -0.4 is 5.32 Å². The average Bonchev–Trinajstić information content (AvgIpc) is 2.86. The summed E-state index contributed by atoms with van der Waals surface area (Å²) in [5.74, 6) is 1.95. The van der Waals surface area contributed by atoms with Crippen LogP contribution in [0.15, 0.2) is 18.2 Å². The van der Waals surface area contributed by atoms with Crippen LogP contribution in [-0.4, -0.2) is 22.6 Å². The highest BCUT2D eigenvalue weighted by molar-refractivity contribution is 5.77. The third-order valence-electron chi connectivity index (χ3n) is 4.62. The Bertz CT molecular complexity index is 594. The summed E-state index contributed by atoms with van der Waals surface area (Å²) in [7, 11) is 0. The Hall–Kier alpha value is -1.35. The highest BCUT2D eigenvalue weighted by Crippen LogP contribution is 2.29. The number of imidazole rings is 1. The molecule has 1 saturated heterocycles. The zero-order chi connectivity index (χ0) is 14.7. The topological polar surface area (TPSA) is 29.9 Å². The summed E-state index contributed by atoms with van der Waals surface area (Å²) in [6.07, 6.45) is 6.27. The van der Waals surface area contributed by atoms with Crippen LogP contribution in [0.5, 0.6) is 0 Å². The predicted octanol–water partition coefficient (Wildman–Crippen LogP) is 4.00. The Morgan fingerprint density at radius 2 is 2.05 bits per heavy atom. The summed E-state index contributed by atoms with van der Waals surface area (Å²) in [5, 5.41) is 3.46. The molecular formula is C18H27N3. The number of benzene rings is 1. The van der Waals surface area contributed by atoms with Crippen molar-refractivity contribution >= 4 is 11.0 Å². The fraction of sp³-hybridized carbons (Fsp3) is 0.611. The maximum absolute atomic E-state index is 5.01. The van der Waals surface area contributed by atoms with Gasteiger partial charge in [0.15, 0.2) is 0 Å². The second-order valence-corrected chi connectivity index (χ2v) is 6.35. The largest absolute Gasteiger partial charge is 0.328 e. The molecule has 0 amide bonds. The molecule has 1 fully saturated rings. The standard InChI is InChI=1S/C18H27N3/c1-3-4-5-12-21-17-7-6-14(2)13-16(17)20-18(21)15-8-10-19-11-9-15/h6-7,13,15,19H,3-5,8-12H2,1-2H3. The maximum Gasteiger partial charge on any atom is 0.113 e. The van der Waals surface area contributed by atoms with E-state index in [1.165, 1.54) is 54.5 Å². The van der Waals surface area contributed by atoms with Gasteiger partial charge in [-0.15, -0.1) is 0 Å². The molecule has 0 unspecified atom stereocenters. The molecule has 1 aromatic carbocycles. The molecule has 3 rings (SSSR count). The van der Waals surface area contributed by atoms with Gasteiger partial charge in [-0.05, 0) is 57.0 Å². The normalized spacial score (nSPS) is 16.7. The van der Waals surface area contributed by atoms with Gasteiger partial charge >= 0.3 is 0 Å². The SMILES string of the molecule is CCCCCn1c(C2CCNCC2)nc2cc(C)ccc21. The van der Waals surface area contributed by atoms with E-state index in [4.69, 9.17) is 4.98 Å². The van der Waals surface area contributed by atoms with Crippen LogP contribution >= 0.6 is 0 Å². The second kappa shape index (κ2) is 6.61. The van der Waals surface area contributed by atoms with E-state index in [0.717, 1.165) is 19.6 Å². The number of unbranched alkanes of at least 4 members (excludes halogenated alkanes) is 2. The third-order valence-corrected chi connectivity index (χ3v) is 4.62. The van der Waals surface area contributed by atoms with Gasteiger partial charge in [-0.25, -0.2) is 4.98 Å². The van der Waals surface area contributed by atoms with E-state index in [0.29, 0.717) is 5.92 Å². The molecule has 1 aliphatic heterocycles. The van der Waals surface area contributed by atoms with Gasteiger partial charge in [-0.3, -0.25) is 0 Å². The molecule has 3 nitrogen and oxygen atoms in total. The molecule has 0 aliphatic carbocycles. The van der Waals surface area contributed by atoms with E-state index in [9.17, 15) is 0 Å². The Balaban J connectivity index is 1.97. The molecule has 1 aliphatic rings. The summed E-state index contributed by atoms with van der Waals surface area (Å²) in [5.41, 5.74) is 3.81. The second-order valence-electron chi connectivity index (χ2n) is 6.35. The van der Waals surface area contributed by atoms with Crippen LogP contribution in [-0.2, 0) is 6.54 Å². The van der Waals surface area contributed by atoms with E-state index in [1.54, 1.807) is 0 Å². The smallest absolute Gasteiger partial charge is 0.113 e. The lowest BCUT2D eigenvalue weighted by atomic mass is 9.97. The van der Waals surface area contributed by atoms with Crippen molar-refractivity contribution < 1.29 is 0 Å². The van der Waals surface area contributed by atoms with Gasteiger partial charge in [-0.1, -0.05) is 25.8 Å². The lowest BCUT2D eigenvalue weighted by Crippen LogP contribution is -2.28. The van der Waals surface area contributed by atoms with E-state index < -0.39 is 0 Å². The molecule has 2 heterocycles. The fourth-order valence-electron chi connectivity index (χ4n) is 3.41. The Kier molecular flexibility index (Phi) is 4.59. The molecule has 3 heteroatoms. The molecule has 1 N–H and O–H groups in total. The van der Waals surface area contributed by atoms with Gasteiger partial charge in [0.1, 0.15) is 5.82 Å². The van der Waals surface area contributed by atoms with Gasteiger partial charge in [0.25, 0.3) is 0 Å². The summed E-state index contributed by atoms with van der Waals surface area (Å²) in [4.78, 5) is 5.01. The quantitative estimate of drug-likeness (QED) is 0.841. The van der Waals surface area contributed by atoms with E-state index in [2.05, 4.69) is 41.9 Å². The molecule has 2 aromatic rings. The number of aromatic nitrogens is 2. The minimum atomic E-state index is 0.626. The van der Waals surface area contributed by atoms with Crippen LogP contribution in [0.1, 0.15) is 56.3 Å². The average molecular weight is 285 g/mol. The highest BCUT2D eigenvalue weighted by Gasteiger charge is 2.22. The monoisotopic (exact) mass is 285 g/mol. The lowest BCUT2D eigenvalue weighted by Gasteiger charge is -2.23. The molecule has 21 heavy (non-hydrogen) atoms. The van der Waals surface area contributed by atoms with Crippen LogP contribution in [0, 0.1) is 6.92 Å². The fourth-order valence-corrected chi connectivity index (χ4v) is 3.41. The van der Waals surface area contributed by atoms with Crippen molar-refractivity contribution in [1.82, 2.24) is 14.9 Å². The highest BCUT2D eigenvalue weighted by atomic mass is 15.1. The van der Waals surface area contributed by atoms with Crippen LogP contribution in [0.25, 0.3) is 11.0 Å². The van der Waals surface area contributed by atoms with Crippen molar-refractivity contribution in [2.45, 2.75) is 58.4 Å². The van der Waals surface area contributed by atoms with Crippen molar-refractivity contribution in [3.05, 3.63) is 29.6 Å². The minimum absolute atomic E-state index is 0.626. The summed E-state index contributed by atoms with van der Waals surface area (Å²) in [6, 6.07) is 6.71. The molecule has 0 bridgehead atoms. The van der Waals surface area contributed by atoms with Gasteiger partial charge in [0.2, 0.25) is 0 Å². The molecule has 1 aromatic heterocycles. The Labute approximate surface area is 127 Å². The zero-order valence-corrected chi connectivity index (χ0v) is 13.4. The Morgan fingerprint density at radius 3 is 2.81 bits per heavy atom. The first kappa shape index (κ1) is 14.6. The number of aryl methyl sites for hydroxylation is 2. The number of piperidine rings is 1. The number of hydrogen-bond donors (Lipinski definition) is 1. The van der Waals surface area contributed by atoms with Crippen molar-refractivity contribution in [2.75, 3.05) is 13.1 Å². The van der Waals surface area contributed by atoms with E-state index in [1.807, 2.05) is 0 Å². The first-order valence-corrected chi connectivity index (χ1v) is 8.47. The molecule has 0 spiro atoms. The summed E-state index contributed by atoms with van der Waals surface area (Å²) in [6.45, 7) is 7.79. The number of nitrogens with one attached hydrogen (secondary N) is 1. The minimum Gasteiger partial charge on any atom is -0.328 e. The van der Waals surface area contributed by atoms with Gasteiger partial charge in [0, 0.05) is 12.5 Å². The molecule has 114 valence electrons. The summed E-state index contributed by atoms with van der Waals surface area (Å²) >= 11 is 0. The predicted molar refractivity (Wildman–Crippen MR) is 88.8 cm³/mol. The van der Waals surface area contributed by atoms with Crippen LogP contribution in [0.4, 0.5) is 0 Å². The first-order valence-electron chi connectivity index (χ1n) is 8.47. The number of hydrogen-bond acceptors (Lipinski definition) is 2. The van der Waals surface area contributed by atoms with Gasteiger partial charge in [-0.2, -0.15) is 0 Å². The lowest BCUT2D eigenvalue weighted by molar-refractivity contribution is 0.429. The van der Waals surface area contributed by atoms with Crippen LogP contribution in [0.2, 0.25) is 0 Å². The van der Waals surface area contributed by atoms with Crippen molar-refractivity contribution in [2.24, 2.45) is 0 Å². The zero-order valence-electron chi connectivity index (χ0n) is 13.4. The van der Waals surface area contributed by atoms with Gasteiger partial charge < -0.3 is 9.88 Å². The molecule has 0 atom stereocenters. The van der Waals surface area contributed by atoms with Crippen molar-refractivity contribution in [1.29, 1.82) is 0 Å². The molecular weight excluding hydrogens is 258 g/mol. The van der Waals surface area contributed by atoms with Crippen molar-refractivity contribution in [3.8, 4) is 0 Å². The third kappa shape index (κ3) is 3.13. The van der Waals surface area contributed by atoms with Crippen molar-refractivity contribution in [3.63, 3.8) is 0 Å². The van der Waals surface area contributed by atoms with Gasteiger partial charge in [0.05, 0.1) is 11.0 Å². The molecule has 0 saturated carbocycles. The number of fused-ring (bicyclic) bond motifs is 1. The maximum atomic E-state index is 5.01. The first-order chi connectivity index (χ1) is 10.3. The van der Waals surface area contributed by atoms with E-state index >= 15 is 0 Å². The summed E-state index contributed by atoms with van der Waals surface area (Å²) < 4.78 is 2.50. The van der Waals surface area contributed by atoms with E-state index in [-0.39, 0.29) is 0 Å². The molecule has 0 radical (unpaired) electrons. The Morgan fingerprint density at radius 1 is 1.24 bits per heavy atom. The number of rotatable bonds is 5. The number of nitrogens with zero attached hydrogens (tertiary/aromatic N) is 2.